The molecule has 12 heavy (non-hydrogen) atoms. The van der Waals surface area contributed by atoms with Gasteiger partial charge in [0.15, 0.2) is 5.78 Å². The van der Waals surface area contributed by atoms with E-state index in [1.54, 1.807) is 18.2 Å². The van der Waals surface area contributed by atoms with Gasteiger partial charge < -0.3 is 0 Å². The Labute approximate surface area is 76.7 Å². The summed E-state index contributed by atoms with van der Waals surface area (Å²) in [5.41, 5.74) is 0.901. The fourth-order valence-corrected chi connectivity index (χ4v) is 0.878. The first-order chi connectivity index (χ1) is 5.68. The summed E-state index contributed by atoms with van der Waals surface area (Å²) in [5, 5.41) is 0.672. The number of benzene rings is 1. The van der Waals surface area contributed by atoms with Crippen molar-refractivity contribution in [2.24, 2.45) is 0 Å². The number of ketones is 1. The van der Waals surface area contributed by atoms with Crippen LogP contribution < -0.4 is 0 Å². The van der Waals surface area contributed by atoms with Gasteiger partial charge in [0.05, 0.1) is 0 Å². The van der Waals surface area contributed by atoms with E-state index in [1.807, 2.05) is 12.1 Å². The molecule has 60 valence electrons. The first kappa shape index (κ1) is 9.01. The lowest BCUT2D eigenvalue weighted by atomic mass is 10.2. The number of hydrogen-bond acceptors (Lipinski definition) is 1. The van der Waals surface area contributed by atoms with Gasteiger partial charge in [-0.3, -0.25) is 4.79 Å². The van der Waals surface area contributed by atoms with Crippen LogP contribution in [0.3, 0.4) is 0 Å². The predicted molar refractivity (Wildman–Crippen MR) is 49.8 cm³/mol. The monoisotopic (exact) mass is 178 g/mol. The van der Waals surface area contributed by atoms with E-state index in [4.69, 9.17) is 18.5 Å². The number of halogens is 1. The summed E-state index contributed by atoms with van der Waals surface area (Å²) in [5.74, 6) is -0.454. The topological polar surface area (TPSA) is 17.1 Å². The highest BCUT2D eigenvalue weighted by atomic mass is 35.5. The molecule has 1 nitrogen and oxygen atoms in total. The molecule has 2 radical (unpaired) electrons. The number of allylic oxidation sites excluding steroid dienone is 1. The Kier molecular flexibility index (Phi) is 3.06. The zero-order valence-electron chi connectivity index (χ0n) is 6.33. The zero-order chi connectivity index (χ0) is 8.97. The molecule has 0 aliphatic rings. The van der Waals surface area contributed by atoms with Gasteiger partial charge in [-0.25, -0.2) is 0 Å². The summed E-state index contributed by atoms with van der Waals surface area (Å²) < 4.78 is 0. The second-order valence-corrected chi connectivity index (χ2v) is 2.72. The molecule has 0 saturated heterocycles. The standard InChI is InChI=1S/C10H7ClO/c1-8(12)2-3-9-4-6-10(11)7-5-9/h1-7H/b3-2+. The normalized spacial score (nSPS) is 10.5. The third-order valence-corrected chi connectivity index (χ3v) is 1.56. The van der Waals surface area contributed by atoms with Gasteiger partial charge in [0, 0.05) is 11.9 Å². The van der Waals surface area contributed by atoms with Crippen molar-refractivity contribution in [1.29, 1.82) is 0 Å². The molecule has 0 heterocycles. The van der Waals surface area contributed by atoms with Crippen LogP contribution in [-0.4, -0.2) is 5.78 Å². The van der Waals surface area contributed by atoms with Crippen molar-refractivity contribution in [2.45, 2.75) is 0 Å². The first-order valence-electron chi connectivity index (χ1n) is 3.41. The Morgan fingerprint density at radius 3 is 2.42 bits per heavy atom. The smallest absolute Gasteiger partial charge is 0.160 e. The average Bonchev–Trinajstić information content (AvgIpc) is 2.03. The van der Waals surface area contributed by atoms with Gasteiger partial charge >= 0.3 is 0 Å². The van der Waals surface area contributed by atoms with Crippen LogP contribution in [0.2, 0.25) is 5.02 Å². The van der Waals surface area contributed by atoms with Crippen LogP contribution in [-0.2, 0) is 4.79 Å². The molecule has 0 aliphatic carbocycles. The Morgan fingerprint density at radius 1 is 1.33 bits per heavy atom. The SMILES string of the molecule is [CH]C(=O)/C=C/c1ccc(Cl)cc1. The molecular formula is C10H7ClO. The van der Waals surface area contributed by atoms with Crippen LogP contribution in [0.15, 0.2) is 30.3 Å². The molecule has 0 atom stereocenters. The molecule has 0 fully saturated rings. The lowest BCUT2D eigenvalue weighted by molar-refractivity contribution is -0.110. The van der Waals surface area contributed by atoms with E-state index in [9.17, 15) is 4.79 Å². The third kappa shape index (κ3) is 2.89. The fraction of sp³-hybridized carbons (Fsp3) is 0. The minimum Gasteiger partial charge on any atom is -0.294 e. The van der Waals surface area contributed by atoms with Gasteiger partial charge in [-0.2, -0.15) is 0 Å². The maximum atomic E-state index is 10.3. The van der Waals surface area contributed by atoms with E-state index in [0.29, 0.717) is 5.02 Å². The van der Waals surface area contributed by atoms with Crippen molar-refractivity contribution in [3.8, 4) is 0 Å². The maximum Gasteiger partial charge on any atom is 0.160 e. The zero-order valence-corrected chi connectivity index (χ0v) is 7.08. The van der Waals surface area contributed by atoms with Gasteiger partial charge in [0.1, 0.15) is 0 Å². The second kappa shape index (κ2) is 4.07. The van der Waals surface area contributed by atoms with Crippen LogP contribution in [0, 0.1) is 6.92 Å². The highest BCUT2D eigenvalue weighted by molar-refractivity contribution is 6.30. The van der Waals surface area contributed by atoms with Gasteiger partial charge in [-0.05, 0) is 23.8 Å². The summed E-state index contributed by atoms with van der Waals surface area (Å²) in [6.45, 7) is 4.92. The Hall–Kier alpha value is -1.08. The molecule has 0 spiro atoms. The lowest BCUT2D eigenvalue weighted by Gasteiger charge is -1.91. The molecule has 1 rings (SSSR count). The summed E-state index contributed by atoms with van der Waals surface area (Å²) in [6, 6.07) is 7.12. The average molecular weight is 179 g/mol. The molecule has 0 aliphatic heterocycles. The summed E-state index contributed by atoms with van der Waals surface area (Å²) >= 11 is 5.66. The molecule has 0 aromatic heterocycles. The quantitative estimate of drug-likeness (QED) is 0.637. The van der Waals surface area contributed by atoms with Crippen LogP contribution in [0.25, 0.3) is 6.08 Å². The number of rotatable bonds is 2. The Bertz CT molecular complexity index is 298. The van der Waals surface area contributed by atoms with Crippen molar-refractivity contribution in [3.63, 3.8) is 0 Å². The predicted octanol–water partition coefficient (Wildman–Crippen LogP) is 2.63. The molecule has 0 amide bonds. The van der Waals surface area contributed by atoms with Crippen LogP contribution in [0.1, 0.15) is 5.56 Å². The van der Waals surface area contributed by atoms with E-state index < -0.39 is 5.78 Å². The van der Waals surface area contributed by atoms with E-state index in [2.05, 4.69) is 0 Å². The highest BCUT2D eigenvalue weighted by Crippen LogP contribution is 2.10. The van der Waals surface area contributed by atoms with Crippen LogP contribution >= 0.6 is 11.6 Å². The fourth-order valence-electron chi connectivity index (χ4n) is 0.752. The van der Waals surface area contributed by atoms with Gasteiger partial charge in [-0.1, -0.05) is 29.8 Å². The molecular weight excluding hydrogens is 172 g/mol. The van der Waals surface area contributed by atoms with E-state index >= 15 is 0 Å². The Morgan fingerprint density at radius 2 is 1.92 bits per heavy atom. The van der Waals surface area contributed by atoms with Crippen LogP contribution in [0.5, 0.6) is 0 Å². The van der Waals surface area contributed by atoms with Gasteiger partial charge in [0.2, 0.25) is 0 Å². The van der Waals surface area contributed by atoms with Gasteiger partial charge in [-0.15, -0.1) is 0 Å². The molecule has 1 aromatic carbocycles. The molecule has 2 heteroatoms. The number of carbonyl (C=O) groups excluding carboxylic acids is 1. The number of hydrogen-bond donors (Lipinski definition) is 0. The molecule has 0 unspecified atom stereocenters. The highest BCUT2D eigenvalue weighted by Gasteiger charge is 1.88. The summed E-state index contributed by atoms with van der Waals surface area (Å²) in [6.07, 6.45) is 2.95. The minimum atomic E-state index is -0.454. The van der Waals surface area contributed by atoms with E-state index in [0.717, 1.165) is 5.56 Å². The maximum absolute atomic E-state index is 10.3. The van der Waals surface area contributed by atoms with E-state index in [-0.39, 0.29) is 0 Å². The largest absolute Gasteiger partial charge is 0.294 e. The summed E-state index contributed by atoms with van der Waals surface area (Å²) in [7, 11) is 0. The Balaban J connectivity index is 2.77. The van der Waals surface area contributed by atoms with Crippen molar-refractivity contribution in [1.82, 2.24) is 0 Å². The van der Waals surface area contributed by atoms with Crippen molar-refractivity contribution in [2.75, 3.05) is 0 Å². The third-order valence-electron chi connectivity index (χ3n) is 1.31. The molecule has 0 N–H and O–H groups in total. The minimum absolute atomic E-state index is 0.454. The first-order valence-corrected chi connectivity index (χ1v) is 3.79. The number of carbonyl (C=O) groups is 1. The lowest BCUT2D eigenvalue weighted by Crippen LogP contribution is -1.80. The van der Waals surface area contributed by atoms with Gasteiger partial charge in [0.25, 0.3) is 0 Å². The van der Waals surface area contributed by atoms with Crippen molar-refractivity contribution < 1.29 is 4.79 Å². The summed E-state index contributed by atoms with van der Waals surface area (Å²) in [4.78, 5) is 10.3. The molecule has 1 aromatic rings. The molecule has 0 saturated carbocycles. The molecule has 0 bridgehead atoms. The second-order valence-electron chi connectivity index (χ2n) is 2.29. The van der Waals surface area contributed by atoms with Crippen molar-refractivity contribution in [3.05, 3.63) is 47.9 Å². The van der Waals surface area contributed by atoms with E-state index in [1.165, 1.54) is 6.08 Å². The van der Waals surface area contributed by atoms with Crippen LogP contribution in [0.4, 0.5) is 0 Å². The van der Waals surface area contributed by atoms with Crippen molar-refractivity contribution >= 4 is 23.5 Å².